The number of aryl methyl sites for hydroxylation is 3. The van der Waals surface area contributed by atoms with Crippen molar-refractivity contribution >= 4 is 21.0 Å². The number of aromatic nitrogens is 1. The van der Waals surface area contributed by atoms with Gasteiger partial charge >= 0.3 is 0 Å². The number of hydrogen-bond donors (Lipinski definition) is 0. The standard InChI is InChI=1S/C11H12N.C7H8O3S/c1-9-7-8-12(2)11-6-4-3-5-10(9)11;1-6-2-4-7(5-3-6)11(8,9)10/h3-8H,1-2H3;2-5H,1H3,(H,8,9,10)/q+1;/p-1. The summed E-state index contributed by atoms with van der Waals surface area (Å²) < 4.78 is 33.3. The SMILES string of the molecule is Cc1cc[n+](C)c2ccccc12.Cc1ccc(S(=O)(=O)[O-])cc1. The molecule has 0 amide bonds. The molecule has 5 heteroatoms. The third-order valence-electron chi connectivity index (χ3n) is 3.57. The van der Waals surface area contributed by atoms with Gasteiger partial charge in [0.15, 0.2) is 6.20 Å². The number of benzene rings is 2. The zero-order valence-corrected chi connectivity index (χ0v) is 14.2. The fourth-order valence-corrected chi connectivity index (χ4v) is 2.68. The molecule has 0 unspecified atom stereocenters. The van der Waals surface area contributed by atoms with Gasteiger partial charge in [-0.2, -0.15) is 0 Å². The summed E-state index contributed by atoms with van der Waals surface area (Å²) in [4.78, 5) is -0.178. The third-order valence-corrected chi connectivity index (χ3v) is 4.42. The highest BCUT2D eigenvalue weighted by molar-refractivity contribution is 7.85. The van der Waals surface area contributed by atoms with Crippen molar-refractivity contribution in [2.75, 3.05) is 0 Å². The smallest absolute Gasteiger partial charge is 0.212 e. The lowest BCUT2D eigenvalue weighted by Gasteiger charge is -2.05. The molecule has 3 rings (SSSR count). The van der Waals surface area contributed by atoms with E-state index in [1.165, 1.54) is 28.6 Å². The van der Waals surface area contributed by atoms with Gasteiger partial charge in [0.2, 0.25) is 5.52 Å². The van der Waals surface area contributed by atoms with E-state index in [1.54, 1.807) is 12.1 Å². The summed E-state index contributed by atoms with van der Waals surface area (Å²) in [5.41, 5.74) is 3.55. The number of hydrogen-bond acceptors (Lipinski definition) is 3. The van der Waals surface area contributed by atoms with Gasteiger partial charge in [-0.1, -0.05) is 29.8 Å². The van der Waals surface area contributed by atoms with Crippen LogP contribution in [0.1, 0.15) is 11.1 Å². The molecule has 120 valence electrons. The van der Waals surface area contributed by atoms with Crippen LogP contribution in [-0.4, -0.2) is 13.0 Å². The lowest BCUT2D eigenvalue weighted by Crippen LogP contribution is -2.28. The van der Waals surface area contributed by atoms with Crippen LogP contribution in [0.25, 0.3) is 10.9 Å². The van der Waals surface area contributed by atoms with Crippen LogP contribution in [0.2, 0.25) is 0 Å². The van der Waals surface area contributed by atoms with E-state index in [1.807, 2.05) is 6.92 Å². The average molecular weight is 329 g/mol. The van der Waals surface area contributed by atoms with Gasteiger partial charge in [0, 0.05) is 17.5 Å². The van der Waals surface area contributed by atoms with Crippen LogP contribution in [0, 0.1) is 13.8 Å². The van der Waals surface area contributed by atoms with E-state index in [2.05, 4.69) is 55.1 Å². The topological polar surface area (TPSA) is 61.1 Å². The number of nitrogens with zero attached hydrogens (tertiary/aromatic N) is 1. The van der Waals surface area contributed by atoms with Crippen molar-refractivity contribution in [1.82, 2.24) is 0 Å². The summed E-state index contributed by atoms with van der Waals surface area (Å²) in [5, 5.41) is 1.34. The molecule has 0 saturated carbocycles. The second kappa shape index (κ2) is 6.89. The van der Waals surface area contributed by atoms with Crippen LogP contribution in [0.15, 0.2) is 65.7 Å². The van der Waals surface area contributed by atoms with Crippen molar-refractivity contribution in [3.05, 3.63) is 71.9 Å². The Morgan fingerprint density at radius 3 is 2.09 bits per heavy atom. The van der Waals surface area contributed by atoms with Gasteiger partial charge < -0.3 is 4.55 Å². The van der Waals surface area contributed by atoms with Crippen LogP contribution in [-0.2, 0) is 17.2 Å². The number of pyridine rings is 1. The van der Waals surface area contributed by atoms with E-state index < -0.39 is 10.1 Å². The minimum Gasteiger partial charge on any atom is -0.744 e. The highest BCUT2D eigenvalue weighted by Gasteiger charge is 2.04. The third kappa shape index (κ3) is 4.37. The molecular weight excluding hydrogens is 310 g/mol. The zero-order valence-electron chi connectivity index (χ0n) is 13.4. The molecule has 2 aromatic carbocycles. The van der Waals surface area contributed by atoms with Crippen LogP contribution in [0.3, 0.4) is 0 Å². The zero-order chi connectivity index (χ0) is 17.0. The van der Waals surface area contributed by atoms with E-state index >= 15 is 0 Å². The van der Waals surface area contributed by atoms with Crippen molar-refractivity contribution in [1.29, 1.82) is 0 Å². The molecule has 0 fully saturated rings. The predicted molar refractivity (Wildman–Crippen MR) is 89.0 cm³/mol. The van der Waals surface area contributed by atoms with Gasteiger partial charge in [-0.3, -0.25) is 0 Å². The Kier molecular flexibility index (Phi) is 5.13. The first-order chi connectivity index (χ1) is 10.8. The highest BCUT2D eigenvalue weighted by atomic mass is 32.2. The van der Waals surface area contributed by atoms with E-state index in [0.717, 1.165) is 5.56 Å². The molecule has 0 aliphatic heterocycles. The summed E-state index contributed by atoms with van der Waals surface area (Å²) in [6.45, 7) is 3.96. The van der Waals surface area contributed by atoms with Crippen molar-refractivity contribution < 1.29 is 17.5 Å². The summed E-state index contributed by atoms with van der Waals surface area (Å²) in [7, 11) is -2.20. The Morgan fingerprint density at radius 1 is 0.913 bits per heavy atom. The highest BCUT2D eigenvalue weighted by Crippen LogP contribution is 2.12. The van der Waals surface area contributed by atoms with Gasteiger partial charge in [-0.15, -0.1) is 0 Å². The number of para-hydroxylation sites is 1. The second-order valence-corrected chi connectivity index (χ2v) is 6.77. The Hall–Kier alpha value is -2.24. The van der Waals surface area contributed by atoms with Gasteiger partial charge in [-0.25, -0.2) is 13.0 Å². The molecule has 0 radical (unpaired) electrons. The monoisotopic (exact) mass is 329 g/mol. The fraction of sp³-hybridized carbons (Fsp3) is 0.167. The van der Waals surface area contributed by atoms with Gasteiger partial charge in [0.1, 0.15) is 17.2 Å². The molecule has 0 spiro atoms. The molecule has 23 heavy (non-hydrogen) atoms. The maximum Gasteiger partial charge on any atom is 0.212 e. The second-order valence-electron chi connectivity index (χ2n) is 5.39. The number of rotatable bonds is 1. The summed E-state index contributed by atoms with van der Waals surface area (Å²) in [6.07, 6.45) is 2.09. The van der Waals surface area contributed by atoms with Crippen LogP contribution < -0.4 is 4.57 Å². The van der Waals surface area contributed by atoms with Crippen molar-refractivity contribution in [2.45, 2.75) is 18.7 Å². The molecule has 0 bridgehead atoms. The molecule has 0 aliphatic rings. The van der Waals surface area contributed by atoms with Crippen LogP contribution in [0.4, 0.5) is 0 Å². The molecule has 0 aliphatic carbocycles. The largest absolute Gasteiger partial charge is 0.744 e. The van der Waals surface area contributed by atoms with Crippen molar-refractivity contribution in [3.63, 3.8) is 0 Å². The van der Waals surface area contributed by atoms with E-state index in [9.17, 15) is 13.0 Å². The molecule has 1 aromatic heterocycles. The Balaban J connectivity index is 0.000000168. The normalized spacial score (nSPS) is 11.0. The maximum atomic E-state index is 10.4. The van der Waals surface area contributed by atoms with Gasteiger partial charge in [-0.05, 0) is 37.6 Å². The molecular formula is C18H19NO3S. The molecule has 0 N–H and O–H groups in total. The number of fused-ring (bicyclic) bond motifs is 1. The molecule has 3 aromatic rings. The van der Waals surface area contributed by atoms with Gasteiger partial charge in [0.25, 0.3) is 0 Å². The van der Waals surface area contributed by atoms with Crippen LogP contribution >= 0.6 is 0 Å². The first-order valence-electron chi connectivity index (χ1n) is 7.15. The summed E-state index contributed by atoms with van der Waals surface area (Å²) in [6, 6.07) is 16.4. The van der Waals surface area contributed by atoms with Crippen LogP contribution in [0.5, 0.6) is 0 Å². The van der Waals surface area contributed by atoms with Gasteiger partial charge in [0.05, 0.1) is 4.90 Å². The molecule has 0 atom stereocenters. The van der Waals surface area contributed by atoms with E-state index in [-0.39, 0.29) is 4.90 Å². The molecule has 0 saturated heterocycles. The fourth-order valence-electron chi connectivity index (χ4n) is 2.21. The predicted octanol–water partition coefficient (Wildman–Crippen LogP) is 2.87. The lowest BCUT2D eigenvalue weighted by atomic mass is 10.1. The summed E-state index contributed by atoms with van der Waals surface area (Å²) in [5.74, 6) is 0. The van der Waals surface area contributed by atoms with E-state index in [4.69, 9.17) is 0 Å². The summed E-state index contributed by atoms with van der Waals surface area (Å²) >= 11 is 0. The average Bonchev–Trinajstić information content (AvgIpc) is 2.51. The molecule has 1 heterocycles. The van der Waals surface area contributed by atoms with Crippen molar-refractivity contribution in [2.24, 2.45) is 7.05 Å². The first-order valence-corrected chi connectivity index (χ1v) is 8.56. The Morgan fingerprint density at radius 2 is 1.52 bits per heavy atom. The quantitative estimate of drug-likeness (QED) is 0.509. The van der Waals surface area contributed by atoms with E-state index in [0.29, 0.717) is 0 Å². The van der Waals surface area contributed by atoms with Crippen molar-refractivity contribution in [3.8, 4) is 0 Å². The minimum atomic E-state index is -4.27. The lowest BCUT2D eigenvalue weighted by molar-refractivity contribution is -0.644. The molecule has 4 nitrogen and oxygen atoms in total. The first kappa shape index (κ1) is 17.1. The maximum absolute atomic E-state index is 10.4. The Bertz CT molecular complexity index is 876. The minimum absolute atomic E-state index is 0.178. The Labute approximate surface area is 136 Å².